The highest BCUT2D eigenvalue weighted by atomic mass is 14.9. The van der Waals surface area contributed by atoms with Crippen molar-refractivity contribution in [3.05, 3.63) is 18.7 Å². The largest absolute Gasteiger partial charge is 0.397 e. The molecule has 4 nitrogen and oxygen atoms in total. The second-order valence-electron chi connectivity index (χ2n) is 2.03. The van der Waals surface area contributed by atoms with Crippen LogP contribution in [0.5, 0.6) is 0 Å². The maximum atomic E-state index is 5.56. The minimum absolute atomic E-state index is 0.690. The SMILES string of the molecule is Nc1c[nH]c2ncncc12. The monoisotopic (exact) mass is 134 g/mol. The lowest BCUT2D eigenvalue weighted by Gasteiger charge is -1.85. The molecule has 0 fully saturated rings. The molecule has 0 aliphatic rings. The second-order valence-corrected chi connectivity index (χ2v) is 2.03. The molecule has 2 aromatic heterocycles. The third-order valence-corrected chi connectivity index (χ3v) is 1.39. The summed E-state index contributed by atoms with van der Waals surface area (Å²) in [5.41, 5.74) is 7.04. The molecule has 0 atom stereocenters. The number of H-pyrrole nitrogens is 1. The van der Waals surface area contributed by atoms with Crippen LogP contribution in [0.2, 0.25) is 0 Å². The number of aromatic nitrogens is 3. The van der Waals surface area contributed by atoms with E-state index in [1.165, 1.54) is 6.33 Å². The molecule has 0 aromatic carbocycles. The number of aromatic amines is 1. The molecule has 0 aliphatic carbocycles. The van der Waals surface area contributed by atoms with Crippen molar-refractivity contribution < 1.29 is 0 Å². The van der Waals surface area contributed by atoms with Crippen LogP contribution in [0.4, 0.5) is 5.69 Å². The number of hydrogen-bond acceptors (Lipinski definition) is 3. The first-order chi connectivity index (χ1) is 4.88. The van der Waals surface area contributed by atoms with Crippen molar-refractivity contribution in [3.63, 3.8) is 0 Å². The van der Waals surface area contributed by atoms with Crippen LogP contribution in [-0.2, 0) is 0 Å². The van der Waals surface area contributed by atoms with Gasteiger partial charge < -0.3 is 10.7 Å². The van der Waals surface area contributed by atoms with E-state index >= 15 is 0 Å². The van der Waals surface area contributed by atoms with E-state index in [9.17, 15) is 0 Å². The Labute approximate surface area is 57.1 Å². The fraction of sp³-hybridized carbons (Fsp3) is 0. The van der Waals surface area contributed by atoms with Gasteiger partial charge in [0.15, 0.2) is 0 Å². The lowest BCUT2D eigenvalue weighted by atomic mass is 10.4. The Balaban J connectivity index is 2.93. The number of nitrogens with zero attached hydrogens (tertiary/aromatic N) is 2. The fourth-order valence-corrected chi connectivity index (χ4v) is 0.880. The molecule has 0 amide bonds. The van der Waals surface area contributed by atoms with Crippen LogP contribution >= 0.6 is 0 Å². The zero-order valence-electron chi connectivity index (χ0n) is 5.20. The highest BCUT2D eigenvalue weighted by molar-refractivity contribution is 5.87. The molecule has 2 rings (SSSR count). The maximum Gasteiger partial charge on any atom is 0.142 e. The van der Waals surface area contributed by atoms with Crippen LogP contribution in [0, 0.1) is 0 Å². The van der Waals surface area contributed by atoms with E-state index in [4.69, 9.17) is 5.73 Å². The number of hydrogen-bond donors (Lipinski definition) is 2. The number of fused-ring (bicyclic) bond motifs is 1. The van der Waals surface area contributed by atoms with Gasteiger partial charge in [-0.1, -0.05) is 0 Å². The highest BCUT2D eigenvalue weighted by Crippen LogP contribution is 2.14. The summed E-state index contributed by atoms with van der Waals surface area (Å²) in [6, 6.07) is 0. The molecule has 3 N–H and O–H groups in total. The van der Waals surface area contributed by atoms with Crippen LogP contribution < -0.4 is 5.73 Å². The topological polar surface area (TPSA) is 67.6 Å². The molecule has 0 spiro atoms. The van der Waals surface area contributed by atoms with Gasteiger partial charge in [-0.3, -0.25) is 0 Å². The number of anilines is 1. The first-order valence-corrected chi connectivity index (χ1v) is 2.90. The zero-order valence-corrected chi connectivity index (χ0v) is 5.20. The molecule has 4 heteroatoms. The van der Waals surface area contributed by atoms with Crippen molar-refractivity contribution in [2.24, 2.45) is 0 Å². The molecule has 2 heterocycles. The third-order valence-electron chi connectivity index (χ3n) is 1.39. The molecule has 0 saturated carbocycles. The van der Waals surface area contributed by atoms with E-state index < -0.39 is 0 Å². The zero-order chi connectivity index (χ0) is 6.97. The Morgan fingerprint density at radius 1 is 1.50 bits per heavy atom. The predicted octanol–water partition coefficient (Wildman–Crippen LogP) is 0.540. The first kappa shape index (κ1) is 5.22. The summed E-state index contributed by atoms with van der Waals surface area (Å²) in [7, 11) is 0. The molecule has 0 saturated heterocycles. The van der Waals surface area contributed by atoms with Gasteiger partial charge in [0.05, 0.1) is 11.1 Å². The van der Waals surface area contributed by atoms with Crippen molar-refractivity contribution in [1.82, 2.24) is 15.0 Å². The smallest absolute Gasteiger partial charge is 0.142 e. The minimum atomic E-state index is 0.690. The summed E-state index contributed by atoms with van der Waals surface area (Å²) in [5.74, 6) is 0. The maximum absolute atomic E-state index is 5.56. The van der Waals surface area contributed by atoms with Crippen molar-refractivity contribution >= 4 is 16.7 Å². The van der Waals surface area contributed by atoms with Gasteiger partial charge in [-0.2, -0.15) is 0 Å². The summed E-state index contributed by atoms with van der Waals surface area (Å²) in [5, 5.41) is 0.877. The predicted molar refractivity (Wildman–Crippen MR) is 38.3 cm³/mol. The Hall–Kier alpha value is -1.58. The van der Waals surface area contributed by atoms with E-state index in [1.807, 2.05) is 0 Å². The van der Waals surface area contributed by atoms with E-state index in [0.29, 0.717) is 5.69 Å². The molecular weight excluding hydrogens is 128 g/mol. The quantitative estimate of drug-likeness (QED) is 0.552. The van der Waals surface area contributed by atoms with Gasteiger partial charge in [0.2, 0.25) is 0 Å². The molecular formula is C6H6N4. The van der Waals surface area contributed by atoms with Gasteiger partial charge in [0, 0.05) is 12.4 Å². The summed E-state index contributed by atoms with van der Waals surface area (Å²) >= 11 is 0. The van der Waals surface area contributed by atoms with E-state index in [1.54, 1.807) is 12.4 Å². The summed E-state index contributed by atoms with van der Waals surface area (Å²) in [6.45, 7) is 0. The van der Waals surface area contributed by atoms with Crippen LogP contribution in [0.1, 0.15) is 0 Å². The summed E-state index contributed by atoms with van der Waals surface area (Å²) in [6.07, 6.45) is 4.88. The van der Waals surface area contributed by atoms with Crippen molar-refractivity contribution in [2.45, 2.75) is 0 Å². The molecule has 2 aromatic rings. The normalized spacial score (nSPS) is 10.4. The lowest BCUT2D eigenvalue weighted by Crippen LogP contribution is -1.81. The Bertz CT molecular complexity index is 351. The third kappa shape index (κ3) is 0.556. The fourth-order valence-electron chi connectivity index (χ4n) is 0.880. The summed E-state index contributed by atoms with van der Waals surface area (Å²) in [4.78, 5) is 10.7. The van der Waals surface area contributed by atoms with E-state index in [0.717, 1.165) is 11.0 Å². The van der Waals surface area contributed by atoms with Crippen LogP contribution in [-0.4, -0.2) is 15.0 Å². The van der Waals surface area contributed by atoms with Crippen molar-refractivity contribution in [3.8, 4) is 0 Å². The molecule has 0 unspecified atom stereocenters. The van der Waals surface area contributed by atoms with Gasteiger partial charge in [-0.15, -0.1) is 0 Å². The first-order valence-electron chi connectivity index (χ1n) is 2.90. The molecule has 0 aliphatic heterocycles. The van der Waals surface area contributed by atoms with Gasteiger partial charge in [0.25, 0.3) is 0 Å². The Morgan fingerprint density at radius 3 is 3.20 bits per heavy atom. The van der Waals surface area contributed by atoms with Gasteiger partial charge in [-0.25, -0.2) is 9.97 Å². The Morgan fingerprint density at radius 2 is 2.40 bits per heavy atom. The highest BCUT2D eigenvalue weighted by Gasteiger charge is 1.97. The van der Waals surface area contributed by atoms with Crippen molar-refractivity contribution in [1.29, 1.82) is 0 Å². The summed E-state index contributed by atoms with van der Waals surface area (Å²) < 4.78 is 0. The van der Waals surface area contributed by atoms with Crippen LogP contribution in [0.3, 0.4) is 0 Å². The van der Waals surface area contributed by atoms with Crippen LogP contribution in [0.15, 0.2) is 18.7 Å². The molecule has 0 bridgehead atoms. The number of rotatable bonds is 0. The molecule has 50 valence electrons. The molecule has 0 radical (unpaired) electrons. The number of nitrogens with two attached hydrogens (primary N) is 1. The van der Waals surface area contributed by atoms with Crippen LogP contribution in [0.25, 0.3) is 11.0 Å². The average molecular weight is 134 g/mol. The minimum Gasteiger partial charge on any atom is -0.397 e. The van der Waals surface area contributed by atoms with E-state index in [-0.39, 0.29) is 0 Å². The Kier molecular flexibility index (Phi) is 0.887. The number of nitrogen functional groups attached to an aromatic ring is 1. The average Bonchev–Trinajstić information content (AvgIpc) is 2.34. The van der Waals surface area contributed by atoms with Crippen molar-refractivity contribution in [2.75, 3.05) is 5.73 Å². The van der Waals surface area contributed by atoms with Gasteiger partial charge in [-0.05, 0) is 0 Å². The molecule has 10 heavy (non-hydrogen) atoms. The van der Waals surface area contributed by atoms with Gasteiger partial charge >= 0.3 is 0 Å². The van der Waals surface area contributed by atoms with E-state index in [2.05, 4.69) is 15.0 Å². The second kappa shape index (κ2) is 1.70. The van der Waals surface area contributed by atoms with Gasteiger partial charge in [0.1, 0.15) is 12.0 Å². The lowest BCUT2D eigenvalue weighted by molar-refractivity contribution is 1.20. The number of nitrogens with one attached hydrogen (secondary N) is 1. The standard InChI is InChI=1S/C6H6N4/c7-5-2-9-6-4(5)1-8-3-10-6/h1-3H,7H2,(H,8,9,10).